The van der Waals surface area contributed by atoms with E-state index in [0.717, 1.165) is 32.2 Å². The van der Waals surface area contributed by atoms with Crippen LogP contribution < -0.4 is 11.1 Å². The van der Waals surface area contributed by atoms with Crippen molar-refractivity contribution in [1.29, 1.82) is 0 Å². The normalized spacial score (nSPS) is 26.8. The van der Waals surface area contributed by atoms with Crippen molar-refractivity contribution in [2.45, 2.75) is 63.8 Å². The summed E-state index contributed by atoms with van der Waals surface area (Å²) in [5.41, 5.74) is 5.21. The maximum Gasteiger partial charge on any atom is 0.231 e. The van der Waals surface area contributed by atoms with Gasteiger partial charge in [0.05, 0.1) is 12.5 Å². The van der Waals surface area contributed by atoms with E-state index < -0.39 is 0 Å². The summed E-state index contributed by atoms with van der Waals surface area (Å²) in [7, 11) is 0. The van der Waals surface area contributed by atoms with Crippen molar-refractivity contribution in [2.75, 3.05) is 19.6 Å². The zero-order valence-electron chi connectivity index (χ0n) is 13.2. The molecule has 2 aliphatic rings. The van der Waals surface area contributed by atoms with E-state index in [1.54, 1.807) is 0 Å². The van der Waals surface area contributed by atoms with Crippen LogP contribution >= 0.6 is 0 Å². The molecular weight excluding hydrogens is 266 g/mol. The molecule has 0 aromatic heterocycles. The van der Waals surface area contributed by atoms with Crippen LogP contribution in [0.25, 0.3) is 0 Å². The average molecular weight is 295 g/mol. The Bertz CT molecular complexity index is 376. The first kappa shape index (κ1) is 16.3. The first-order chi connectivity index (χ1) is 9.98. The van der Waals surface area contributed by atoms with Crippen molar-refractivity contribution < 1.29 is 9.59 Å². The van der Waals surface area contributed by atoms with Gasteiger partial charge in [-0.1, -0.05) is 25.7 Å². The Balaban J connectivity index is 1.88. The highest BCUT2D eigenvalue weighted by Crippen LogP contribution is 2.27. The van der Waals surface area contributed by atoms with Crippen LogP contribution in [0.2, 0.25) is 0 Å². The molecule has 1 heterocycles. The fourth-order valence-corrected chi connectivity index (χ4v) is 3.67. The fraction of sp³-hybridized carbons (Fsp3) is 0.875. The van der Waals surface area contributed by atoms with Crippen LogP contribution in [0.15, 0.2) is 0 Å². The monoisotopic (exact) mass is 295 g/mol. The van der Waals surface area contributed by atoms with Gasteiger partial charge >= 0.3 is 0 Å². The summed E-state index contributed by atoms with van der Waals surface area (Å²) in [6, 6.07) is 0. The van der Waals surface area contributed by atoms with E-state index in [-0.39, 0.29) is 29.8 Å². The van der Waals surface area contributed by atoms with Crippen molar-refractivity contribution in [2.24, 2.45) is 11.7 Å². The molecule has 120 valence electrons. The minimum Gasteiger partial charge on any atom is -0.369 e. The Morgan fingerprint density at radius 1 is 1.19 bits per heavy atom. The van der Waals surface area contributed by atoms with Crippen LogP contribution in [0.5, 0.6) is 0 Å². The lowest BCUT2D eigenvalue weighted by Crippen LogP contribution is -2.52. The minimum absolute atomic E-state index is 0.00169. The van der Waals surface area contributed by atoms with Crippen LogP contribution in [-0.4, -0.2) is 41.9 Å². The highest BCUT2D eigenvalue weighted by molar-refractivity contribution is 5.80. The molecule has 1 atom stereocenters. The highest BCUT2D eigenvalue weighted by atomic mass is 16.2. The zero-order valence-corrected chi connectivity index (χ0v) is 13.2. The minimum atomic E-state index is -0.313. The van der Waals surface area contributed by atoms with Crippen molar-refractivity contribution in [3.63, 3.8) is 0 Å². The third-order valence-electron chi connectivity index (χ3n) is 4.89. The molecule has 3 N–H and O–H groups in total. The van der Waals surface area contributed by atoms with Gasteiger partial charge in [0.15, 0.2) is 0 Å². The van der Waals surface area contributed by atoms with Crippen molar-refractivity contribution in [3.8, 4) is 0 Å². The molecular formula is C16H29N3O2. The summed E-state index contributed by atoms with van der Waals surface area (Å²) in [5, 5.41) is 3.30. The number of nitrogens with zero attached hydrogens (tertiary/aromatic N) is 1. The second kappa shape index (κ2) is 7.25. The molecule has 5 nitrogen and oxygen atoms in total. The van der Waals surface area contributed by atoms with E-state index >= 15 is 0 Å². The third kappa shape index (κ3) is 4.99. The van der Waals surface area contributed by atoms with Gasteiger partial charge in [-0.3, -0.25) is 14.5 Å². The lowest BCUT2D eigenvalue weighted by Gasteiger charge is -2.35. The molecule has 21 heavy (non-hydrogen) atoms. The molecule has 0 spiro atoms. The number of carbonyl (C=O) groups excluding carboxylic acids is 2. The Morgan fingerprint density at radius 3 is 2.48 bits per heavy atom. The van der Waals surface area contributed by atoms with E-state index in [1.165, 1.54) is 25.7 Å². The largest absolute Gasteiger partial charge is 0.369 e. The molecule has 5 heteroatoms. The maximum atomic E-state index is 12.6. The predicted octanol–water partition coefficient (Wildman–Crippen LogP) is 1.41. The van der Waals surface area contributed by atoms with Gasteiger partial charge in [0, 0.05) is 12.1 Å². The zero-order chi connectivity index (χ0) is 15.3. The van der Waals surface area contributed by atoms with Gasteiger partial charge in [-0.2, -0.15) is 0 Å². The van der Waals surface area contributed by atoms with Crippen LogP contribution in [-0.2, 0) is 9.59 Å². The first-order valence-corrected chi connectivity index (χ1v) is 8.31. The standard InChI is InChI=1S/C16H29N3O2/c1-16(8-4-2-3-5-9-16)18-15(21)13-7-6-10-19(11-13)12-14(17)20/h13H,2-12H2,1H3,(H2,17,20)(H,18,21). The number of primary amides is 1. The Hall–Kier alpha value is -1.10. The number of rotatable bonds is 4. The predicted molar refractivity (Wildman–Crippen MR) is 82.6 cm³/mol. The molecule has 2 rings (SSSR count). The smallest absolute Gasteiger partial charge is 0.231 e. The Morgan fingerprint density at radius 2 is 1.86 bits per heavy atom. The van der Waals surface area contributed by atoms with Crippen LogP contribution in [0.3, 0.4) is 0 Å². The van der Waals surface area contributed by atoms with Gasteiger partial charge in [-0.25, -0.2) is 0 Å². The van der Waals surface area contributed by atoms with Crippen LogP contribution in [0.1, 0.15) is 58.3 Å². The topological polar surface area (TPSA) is 75.4 Å². The van der Waals surface area contributed by atoms with Crippen LogP contribution in [0.4, 0.5) is 0 Å². The summed E-state index contributed by atoms with van der Waals surface area (Å²) < 4.78 is 0. The SMILES string of the molecule is CC1(NC(=O)C2CCCN(CC(N)=O)C2)CCCCCC1. The lowest BCUT2D eigenvalue weighted by atomic mass is 9.90. The molecule has 1 unspecified atom stereocenters. The van der Waals surface area contributed by atoms with Crippen LogP contribution in [0, 0.1) is 5.92 Å². The Kier molecular flexibility index (Phi) is 5.62. The molecule has 0 aromatic carbocycles. The number of likely N-dealkylation sites (tertiary alicyclic amines) is 1. The molecule has 1 aliphatic heterocycles. The van der Waals surface area contributed by atoms with E-state index in [0.29, 0.717) is 6.54 Å². The third-order valence-corrected chi connectivity index (χ3v) is 4.89. The number of carbonyl (C=O) groups is 2. The number of amides is 2. The molecule has 2 fully saturated rings. The second-order valence-electron chi connectivity index (χ2n) is 7.00. The van der Waals surface area contributed by atoms with Gasteiger partial charge in [0.1, 0.15) is 0 Å². The fourth-order valence-electron chi connectivity index (χ4n) is 3.67. The van der Waals surface area contributed by atoms with Gasteiger partial charge in [-0.05, 0) is 39.2 Å². The summed E-state index contributed by atoms with van der Waals surface area (Å²) in [5.74, 6) is -0.154. The van der Waals surface area contributed by atoms with Crippen molar-refractivity contribution >= 4 is 11.8 Å². The molecule has 1 aliphatic carbocycles. The van der Waals surface area contributed by atoms with E-state index in [4.69, 9.17) is 5.73 Å². The van der Waals surface area contributed by atoms with Gasteiger partial charge in [0.25, 0.3) is 0 Å². The second-order valence-corrected chi connectivity index (χ2v) is 7.00. The van der Waals surface area contributed by atoms with Gasteiger partial charge in [0.2, 0.25) is 11.8 Å². The number of hydrogen-bond donors (Lipinski definition) is 2. The summed E-state index contributed by atoms with van der Waals surface area (Å²) in [6.07, 6.45) is 9.00. The number of piperidine rings is 1. The number of nitrogens with two attached hydrogens (primary N) is 1. The summed E-state index contributed by atoms with van der Waals surface area (Å²) in [6.45, 7) is 3.97. The molecule has 2 amide bonds. The van der Waals surface area contributed by atoms with E-state index in [1.807, 2.05) is 4.90 Å². The summed E-state index contributed by atoms with van der Waals surface area (Å²) in [4.78, 5) is 25.6. The molecule has 0 aromatic rings. The van der Waals surface area contributed by atoms with Crippen molar-refractivity contribution in [1.82, 2.24) is 10.2 Å². The number of nitrogens with one attached hydrogen (secondary N) is 1. The molecule has 1 saturated heterocycles. The van der Waals surface area contributed by atoms with E-state index in [2.05, 4.69) is 12.2 Å². The molecule has 1 saturated carbocycles. The highest BCUT2D eigenvalue weighted by Gasteiger charge is 2.32. The molecule has 0 bridgehead atoms. The first-order valence-electron chi connectivity index (χ1n) is 8.31. The maximum absolute atomic E-state index is 12.6. The average Bonchev–Trinajstić information content (AvgIpc) is 2.63. The number of hydrogen-bond acceptors (Lipinski definition) is 3. The molecule has 0 radical (unpaired) electrons. The quantitative estimate of drug-likeness (QED) is 0.770. The van der Waals surface area contributed by atoms with E-state index in [9.17, 15) is 9.59 Å². The van der Waals surface area contributed by atoms with Crippen molar-refractivity contribution in [3.05, 3.63) is 0 Å². The van der Waals surface area contributed by atoms with Gasteiger partial charge < -0.3 is 11.1 Å². The van der Waals surface area contributed by atoms with Gasteiger partial charge in [-0.15, -0.1) is 0 Å². The lowest BCUT2D eigenvalue weighted by molar-refractivity contribution is -0.130. The Labute approximate surface area is 127 Å². The summed E-state index contributed by atoms with van der Waals surface area (Å²) >= 11 is 0.